The smallest absolute Gasteiger partial charge is 0.317 e. The molecule has 1 aromatic carbocycles. The van der Waals surface area contributed by atoms with E-state index >= 15 is 0 Å². The van der Waals surface area contributed by atoms with Gasteiger partial charge in [0.15, 0.2) is 0 Å². The van der Waals surface area contributed by atoms with Gasteiger partial charge in [-0.25, -0.2) is 9.18 Å². The lowest BCUT2D eigenvalue weighted by molar-refractivity contribution is 0.167. The van der Waals surface area contributed by atoms with Gasteiger partial charge in [-0.05, 0) is 49.8 Å². The molecule has 0 aliphatic carbocycles. The molecule has 1 aromatic rings. The highest BCUT2D eigenvalue weighted by Crippen LogP contribution is 2.19. The Hall–Kier alpha value is -1.58. The highest BCUT2D eigenvalue weighted by Gasteiger charge is 2.22. The van der Waals surface area contributed by atoms with E-state index in [0.717, 1.165) is 25.1 Å². The third-order valence-corrected chi connectivity index (χ3v) is 3.98. The van der Waals surface area contributed by atoms with Crippen LogP contribution in [0.2, 0.25) is 0 Å². The Balaban J connectivity index is 1.97. The van der Waals surface area contributed by atoms with Crippen LogP contribution in [-0.2, 0) is 0 Å². The van der Waals surface area contributed by atoms with E-state index in [1.807, 2.05) is 17.9 Å². The summed E-state index contributed by atoms with van der Waals surface area (Å²) in [5.74, 6) is 0.330. The Labute approximate surface area is 120 Å². The molecule has 4 heteroatoms. The monoisotopic (exact) mass is 278 g/mol. The highest BCUT2D eigenvalue weighted by atomic mass is 19.1. The molecule has 0 saturated carbocycles. The summed E-state index contributed by atoms with van der Waals surface area (Å²) in [5, 5.41) is 2.95. The molecule has 2 amide bonds. The Morgan fingerprint density at radius 1 is 1.50 bits per heavy atom. The zero-order valence-corrected chi connectivity index (χ0v) is 12.4. The number of hydrogen-bond acceptors (Lipinski definition) is 1. The number of urea groups is 1. The van der Waals surface area contributed by atoms with Crippen LogP contribution in [0.3, 0.4) is 0 Å². The van der Waals surface area contributed by atoms with Crippen LogP contribution in [-0.4, -0.2) is 24.0 Å². The number of benzene rings is 1. The zero-order valence-electron chi connectivity index (χ0n) is 12.4. The van der Waals surface area contributed by atoms with Gasteiger partial charge in [0.25, 0.3) is 0 Å². The van der Waals surface area contributed by atoms with Crippen LogP contribution >= 0.6 is 0 Å². The van der Waals surface area contributed by atoms with Gasteiger partial charge in [-0.15, -0.1) is 0 Å². The Morgan fingerprint density at radius 3 is 2.90 bits per heavy atom. The summed E-state index contributed by atoms with van der Waals surface area (Å²) < 4.78 is 13.6. The molecule has 2 unspecified atom stereocenters. The maximum Gasteiger partial charge on any atom is 0.317 e. The summed E-state index contributed by atoms with van der Waals surface area (Å²) in [5.41, 5.74) is 1.42. The molecule has 1 N–H and O–H groups in total. The van der Waals surface area contributed by atoms with Crippen LogP contribution in [0.5, 0.6) is 0 Å². The van der Waals surface area contributed by atoms with E-state index in [0.29, 0.717) is 11.5 Å². The maximum atomic E-state index is 13.6. The van der Waals surface area contributed by atoms with Gasteiger partial charge in [0, 0.05) is 13.1 Å². The molecule has 1 heterocycles. The highest BCUT2D eigenvalue weighted by molar-refractivity contribution is 5.74. The van der Waals surface area contributed by atoms with Gasteiger partial charge in [0.1, 0.15) is 5.82 Å². The minimum Gasteiger partial charge on any atom is -0.331 e. The van der Waals surface area contributed by atoms with Gasteiger partial charge in [-0.2, -0.15) is 0 Å². The number of amides is 2. The van der Waals surface area contributed by atoms with Crippen molar-refractivity contribution in [1.29, 1.82) is 0 Å². The minimum absolute atomic E-state index is 0.0509. The van der Waals surface area contributed by atoms with Gasteiger partial charge in [-0.1, -0.05) is 19.1 Å². The summed E-state index contributed by atoms with van der Waals surface area (Å²) in [7, 11) is 0. The second-order valence-corrected chi connectivity index (χ2v) is 5.87. The lowest BCUT2D eigenvalue weighted by Gasteiger charge is -2.32. The van der Waals surface area contributed by atoms with Gasteiger partial charge < -0.3 is 10.2 Å². The molecule has 0 aromatic heterocycles. The SMILES string of the molecule is Cc1ccc(C(C)NC(=O)N2CCCC(C)C2)cc1F. The number of halogens is 1. The third kappa shape index (κ3) is 3.50. The van der Waals surface area contributed by atoms with Crippen molar-refractivity contribution in [3.05, 3.63) is 35.1 Å². The quantitative estimate of drug-likeness (QED) is 0.880. The van der Waals surface area contributed by atoms with Crippen molar-refractivity contribution in [1.82, 2.24) is 10.2 Å². The fourth-order valence-electron chi connectivity index (χ4n) is 2.61. The van der Waals surface area contributed by atoms with Gasteiger partial charge in [0.2, 0.25) is 0 Å². The van der Waals surface area contributed by atoms with E-state index in [4.69, 9.17) is 0 Å². The summed E-state index contributed by atoms with van der Waals surface area (Å²) >= 11 is 0. The number of carbonyl (C=O) groups is 1. The first kappa shape index (κ1) is 14.8. The molecule has 1 aliphatic heterocycles. The third-order valence-electron chi connectivity index (χ3n) is 3.98. The van der Waals surface area contributed by atoms with Crippen molar-refractivity contribution in [2.24, 2.45) is 5.92 Å². The minimum atomic E-state index is -0.227. The van der Waals surface area contributed by atoms with Crippen molar-refractivity contribution in [3.63, 3.8) is 0 Å². The fourth-order valence-corrected chi connectivity index (χ4v) is 2.61. The van der Waals surface area contributed by atoms with Crippen LogP contribution < -0.4 is 5.32 Å². The summed E-state index contributed by atoms with van der Waals surface area (Å²) in [6, 6.07) is 4.87. The molecule has 3 nitrogen and oxygen atoms in total. The summed E-state index contributed by atoms with van der Waals surface area (Å²) in [6.45, 7) is 7.40. The van der Waals surface area contributed by atoms with E-state index < -0.39 is 0 Å². The molecular formula is C16H23FN2O. The number of aryl methyl sites for hydroxylation is 1. The molecule has 2 atom stereocenters. The molecular weight excluding hydrogens is 255 g/mol. The molecule has 110 valence electrons. The average Bonchev–Trinajstić information content (AvgIpc) is 2.41. The van der Waals surface area contributed by atoms with Gasteiger partial charge >= 0.3 is 6.03 Å². The van der Waals surface area contributed by atoms with Crippen molar-refractivity contribution in [2.75, 3.05) is 13.1 Å². The molecule has 1 aliphatic rings. The normalized spacial score (nSPS) is 20.6. The van der Waals surface area contributed by atoms with Crippen LogP contribution in [0.4, 0.5) is 9.18 Å². The van der Waals surface area contributed by atoms with Crippen molar-refractivity contribution >= 4 is 6.03 Å². The molecule has 1 fully saturated rings. The second kappa shape index (κ2) is 6.25. The molecule has 1 saturated heterocycles. The maximum absolute atomic E-state index is 13.6. The first-order valence-electron chi connectivity index (χ1n) is 7.29. The Bertz CT molecular complexity index is 489. The van der Waals surface area contributed by atoms with E-state index in [9.17, 15) is 9.18 Å². The first-order chi connectivity index (χ1) is 9.47. The topological polar surface area (TPSA) is 32.3 Å². The second-order valence-electron chi connectivity index (χ2n) is 5.87. The number of nitrogens with one attached hydrogen (secondary N) is 1. The summed E-state index contributed by atoms with van der Waals surface area (Å²) in [6.07, 6.45) is 2.24. The van der Waals surface area contributed by atoms with E-state index in [1.54, 1.807) is 13.0 Å². The van der Waals surface area contributed by atoms with Crippen molar-refractivity contribution in [3.8, 4) is 0 Å². The molecule has 2 rings (SSSR count). The predicted octanol–water partition coefficient (Wildman–Crippen LogP) is 3.64. The van der Waals surface area contributed by atoms with E-state index in [2.05, 4.69) is 12.2 Å². The number of carbonyl (C=O) groups excluding carboxylic acids is 1. The fraction of sp³-hybridized carbons (Fsp3) is 0.562. The van der Waals surface area contributed by atoms with E-state index in [-0.39, 0.29) is 17.9 Å². The van der Waals surface area contributed by atoms with E-state index in [1.165, 1.54) is 12.5 Å². The van der Waals surface area contributed by atoms with Crippen molar-refractivity contribution in [2.45, 2.75) is 39.7 Å². The Kier molecular flexibility index (Phi) is 4.63. The molecule has 20 heavy (non-hydrogen) atoms. The Morgan fingerprint density at radius 2 is 2.25 bits per heavy atom. The number of likely N-dealkylation sites (tertiary alicyclic amines) is 1. The predicted molar refractivity (Wildman–Crippen MR) is 78.1 cm³/mol. The molecule has 0 spiro atoms. The molecule has 0 radical (unpaired) electrons. The number of hydrogen-bond donors (Lipinski definition) is 1. The van der Waals surface area contributed by atoms with Crippen LogP contribution in [0.15, 0.2) is 18.2 Å². The van der Waals surface area contributed by atoms with Crippen LogP contribution in [0.25, 0.3) is 0 Å². The summed E-state index contributed by atoms with van der Waals surface area (Å²) in [4.78, 5) is 14.1. The first-order valence-corrected chi connectivity index (χ1v) is 7.29. The lowest BCUT2D eigenvalue weighted by Crippen LogP contribution is -2.45. The van der Waals surface area contributed by atoms with Gasteiger partial charge in [-0.3, -0.25) is 0 Å². The lowest BCUT2D eigenvalue weighted by atomic mass is 10.0. The van der Waals surface area contributed by atoms with Crippen LogP contribution in [0, 0.1) is 18.7 Å². The zero-order chi connectivity index (χ0) is 14.7. The number of rotatable bonds is 2. The average molecular weight is 278 g/mol. The van der Waals surface area contributed by atoms with Crippen molar-refractivity contribution < 1.29 is 9.18 Å². The number of piperidine rings is 1. The van der Waals surface area contributed by atoms with Gasteiger partial charge in [0.05, 0.1) is 6.04 Å². The standard InChI is InChI=1S/C16H23FN2O/c1-11-5-4-8-19(10-11)16(20)18-13(3)14-7-6-12(2)15(17)9-14/h6-7,9,11,13H,4-5,8,10H2,1-3H3,(H,18,20). The number of nitrogens with zero attached hydrogens (tertiary/aromatic N) is 1. The largest absolute Gasteiger partial charge is 0.331 e. The van der Waals surface area contributed by atoms with Crippen LogP contribution in [0.1, 0.15) is 43.9 Å². The molecule has 0 bridgehead atoms.